The molecular formula is C20H23FN4O. The van der Waals surface area contributed by atoms with E-state index in [1.807, 2.05) is 26.1 Å². The first-order valence-corrected chi connectivity index (χ1v) is 9.08. The Morgan fingerprint density at radius 3 is 2.96 bits per heavy atom. The monoisotopic (exact) mass is 354 g/mol. The third-order valence-electron chi connectivity index (χ3n) is 5.29. The highest BCUT2D eigenvalue weighted by molar-refractivity contribution is 5.64. The van der Waals surface area contributed by atoms with Gasteiger partial charge in [0.05, 0.1) is 29.2 Å². The molecule has 26 heavy (non-hydrogen) atoms. The van der Waals surface area contributed by atoms with Crippen molar-refractivity contribution in [3.63, 3.8) is 0 Å². The Kier molecular flexibility index (Phi) is 4.59. The molecule has 1 unspecified atom stereocenters. The molecule has 3 aromatic rings. The fourth-order valence-electron chi connectivity index (χ4n) is 3.77. The van der Waals surface area contributed by atoms with E-state index >= 15 is 0 Å². The van der Waals surface area contributed by atoms with E-state index in [-0.39, 0.29) is 11.9 Å². The third kappa shape index (κ3) is 3.17. The number of nitrogens with one attached hydrogen (secondary N) is 1. The lowest BCUT2D eigenvalue weighted by Crippen LogP contribution is -2.33. The van der Waals surface area contributed by atoms with Crippen molar-refractivity contribution in [1.82, 2.24) is 20.3 Å². The highest BCUT2D eigenvalue weighted by atomic mass is 19.1. The molecule has 0 aliphatic carbocycles. The molecule has 5 nitrogen and oxygen atoms in total. The van der Waals surface area contributed by atoms with Gasteiger partial charge in [0.15, 0.2) is 5.76 Å². The molecule has 136 valence electrons. The van der Waals surface area contributed by atoms with E-state index in [2.05, 4.69) is 20.3 Å². The number of H-pyrrole nitrogens is 1. The summed E-state index contributed by atoms with van der Waals surface area (Å²) < 4.78 is 19.1. The summed E-state index contributed by atoms with van der Waals surface area (Å²) in [6.07, 6.45) is 5.17. The number of benzene rings is 1. The van der Waals surface area contributed by atoms with Crippen LogP contribution in [-0.2, 0) is 6.54 Å². The topological polar surface area (TPSA) is 58.0 Å². The molecule has 0 bridgehead atoms. The van der Waals surface area contributed by atoms with Crippen molar-refractivity contribution in [2.45, 2.75) is 45.7 Å². The van der Waals surface area contributed by atoms with Crippen molar-refractivity contribution < 1.29 is 8.91 Å². The van der Waals surface area contributed by atoms with Crippen LogP contribution >= 0.6 is 0 Å². The van der Waals surface area contributed by atoms with Gasteiger partial charge in [0.2, 0.25) is 0 Å². The fraction of sp³-hybridized carbons (Fsp3) is 0.400. The highest BCUT2D eigenvalue weighted by Gasteiger charge is 2.29. The molecule has 0 amide bonds. The van der Waals surface area contributed by atoms with Crippen LogP contribution in [0.15, 0.2) is 35.0 Å². The standard InChI is InChI=1S/C20H23FN4O/c1-13-14(2)24-26-20(13)17-11-22-23-19(17)18-8-3-4-9-25(18)12-15-6-5-7-16(21)10-15/h5-7,10-11,18H,3-4,8-9,12H2,1-2H3,(H,22,23). The maximum atomic E-state index is 13.6. The first-order chi connectivity index (χ1) is 12.6. The molecule has 0 spiro atoms. The predicted molar refractivity (Wildman–Crippen MR) is 97.0 cm³/mol. The molecule has 1 aliphatic rings. The second-order valence-electron chi connectivity index (χ2n) is 7.03. The minimum absolute atomic E-state index is 0.189. The van der Waals surface area contributed by atoms with Gasteiger partial charge in [0.25, 0.3) is 0 Å². The highest BCUT2D eigenvalue weighted by Crippen LogP contribution is 2.37. The normalized spacial score (nSPS) is 18.3. The summed E-state index contributed by atoms with van der Waals surface area (Å²) in [7, 11) is 0. The van der Waals surface area contributed by atoms with Crippen molar-refractivity contribution in [2.24, 2.45) is 0 Å². The Balaban J connectivity index is 1.65. The van der Waals surface area contributed by atoms with E-state index in [9.17, 15) is 4.39 Å². The Bertz CT molecular complexity index is 901. The number of nitrogens with zero attached hydrogens (tertiary/aromatic N) is 3. The third-order valence-corrected chi connectivity index (χ3v) is 5.29. The van der Waals surface area contributed by atoms with Crippen molar-refractivity contribution in [3.05, 3.63) is 58.8 Å². The fourth-order valence-corrected chi connectivity index (χ4v) is 3.77. The zero-order chi connectivity index (χ0) is 18.1. The van der Waals surface area contributed by atoms with Crippen molar-refractivity contribution >= 4 is 0 Å². The molecule has 1 N–H and O–H groups in total. The number of halogens is 1. The lowest BCUT2D eigenvalue weighted by atomic mass is 9.95. The Hall–Kier alpha value is -2.47. The van der Waals surface area contributed by atoms with Gasteiger partial charge >= 0.3 is 0 Å². The molecule has 1 aromatic carbocycles. The van der Waals surface area contributed by atoms with Gasteiger partial charge in [0, 0.05) is 12.1 Å². The number of piperidine rings is 1. The Morgan fingerprint density at radius 2 is 2.19 bits per heavy atom. The van der Waals surface area contributed by atoms with E-state index in [0.29, 0.717) is 0 Å². The van der Waals surface area contributed by atoms with E-state index in [1.165, 1.54) is 6.07 Å². The van der Waals surface area contributed by atoms with Crippen LogP contribution in [0.5, 0.6) is 0 Å². The van der Waals surface area contributed by atoms with Gasteiger partial charge in [0.1, 0.15) is 5.82 Å². The quantitative estimate of drug-likeness (QED) is 0.747. The number of rotatable bonds is 4. The molecule has 2 aromatic heterocycles. The van der Waals surface area contributed by atoms with Crippen LogP contribution in [0.4, 0.5) is 4.39 Å². The van der Waals surface area contributed by atoms with Crippen LogP contribution in [0.1, 0.15) is 47.8 Å². The van der Waals surface area contributed by atoms with Gasteiger partial charge in [-0.15, -0.1) is 0 Å². The van der Waals surface area contributed by atoms with Crippen molar-refractivity contribution in [1.29, 1.82) is 0 Å². The summed E-state index contributed by atoms with van der Waals surface area (Å²) in [5.41, 5.74) is 4.96. The van der Waals surface area contributed by atoms with Crippen LogP contribution < -0.4 is 0 Å². The molecule has 6 heteroatoms. The van der Waals surface area contributed by atoms with E-state index in [0.717, 1.165) is 66.2 Å². The summed E-state index contributed by atoms with van der Waals surface area (Å²) in [6.45, 7) is 5.66. The minimum Gasteiger partial charge on any atom is -0.356 e. The SMILES string of the molecule is Cc1noc(-c2cn[nH]c2C2CCCCN2Cc2cccc(F)c2)c1C. The average Bonchev–Trinajstić information content (AvgIpc) is 3.23. The first kappa shape index (κ1) is 17.0. The smallest absolute Gasteiger partial charge is 0.173 e. The summed E-state index contributed by atoms with van der Waals surface area (Å²) >= 11 is 0. The largest absolute Gasteiger partial charge is 0.356 e. The maximum Gasteiger partial charge on any atom is 0.173 e. The summed E-state index contributed by atoms with van der Waals surface area (Å²) in [6, 6.07) is 7.05. The lowest BCUT2D eigenvalue weighted by molar-refractivity contribution is 0.137. The molecule has 1 aliphatic heterocycles. The summed E-state index contributed by atoms with van der Waals surface area (Å²) in [5.74, 6) is 0.591. The lowest BCUT2D eigenvalue weighted by Gasteiger charge is -2.35. The number of likely N-dealkylation sites (tertiary alicyclic amines) is 1. The van der Waals surface area contributed by atoms with Gasteiger partial charge in [-0.2, -0.15) is 5.10 Å². The number of aromatic amines is 1. The van der Waals surface area contributed by atoms with Crippen molar-refractivity contribution in [3.8, 4) is 11.3 Å². The number of aromatic nitrogens is 3. The van der Waals surface area contributed by atoms with Gasteiger partial charge in [-0.25, -0.2) is 4.39 Å². The summed E-state index contributed by atoms with van der Waals surface area (Å²) in [4.78, 5) is 2.40. The minimum atomic E-state index is -0.189. The predicted octanol–water partition coefficient (Wildman–Crippen LogP) is 4.55. The number of hydrogen-bond donors (Lipinski definition) is 1. The van der Waals surface area contributed by atoms with Crippen LogP contribution in [0, 0.1) is 19.7 Å². The summed E-state index contributed by atoms with van der Waals surface area (Å²) in [5, 5.41) is 11.5. The second kappa shape index (κ2) is 7.03. The van der Waals surface area contributed by atoms with Crippen molar-refractivity contribution in [2.75, 3.05) is 6.54 Å². The van der Waals surface area contributed by atoms with Crippen LogP contribution in [0.2, 0.25) is 0 Å². The Morgan fingerprint density at radius 1 is 1.31 bits per heavy atom. The van der Waals surface area contributed by atoms with Crippen LogP contribution in [-0.4, -0.2) is 26.8 Å². The molecule has 0 radical (unpaired) electrons. The van der Waals surface area contributed by atoms with E-state index < -0.39 is 0 Å². The molecule has 3 heterocycles. The van der Waals surface area contributed by atoms with Gasteiger partial charge in [-0.05, 0) is 50.9 Å². The number of hydrogen-bond acceptors (Lipinski definition) is 4. The zero-order valence-corrected chi connectivity index (χ0v) is 15.1. The number of aryl methyl sites for hydroxylation is 1. The maximum absolute atomic E-state index is 13.6. The molecule has 4 rings (SSSR count). The molecule has 1 atom stereocenters. The first-order valence-electron chi connectivity index (χ1n) is 9.08. The van der Waals surface area contributed by atoms with Crippen LogP contribution in [0.3, 0.4) is 0 Å². The van der Waals surface area contributed by atoms with Gasteiger partial charge in [-0.3, -0.25) is 10.00 Å². The van der Waals surface area contributed by atoms with E-state index in [4.69, 9.17) is 4.52 Å². The molecule has 1 fully saturated rings. The van der Waals surface area contributed by atoms with Gasteiger partial charge < -0.3 is 4.52 Å². The van der Waals surface area contributed by atoms with Gasteiger partial charge in [-0.1, -0.05) is 23.7 Å². The van der Waals surface area contributed by atoms with E-state index in [1.54, 1.807) is 12.1 Å². The zero-order valence-electron chi connectivity index (χ0n) is 15.1. The Labute approximate surface area is 152 Å². The molecule has 0 saturated carbocycles. The second-order valence-corrected chi connectivity index (χ2v) is 7.03. The molecular weight excluding hydrogens is 331 g/mol. The van der Waals surface area contributed by atoms with Crippen LogP contribution in [0.25, 0.3) is 11.3 Å². The molecule has 1 saturated heterocycles. The average molecular weight is 354 g/mol.